The van der Waals surface area contributed by atoms with Crippen LogP contribution in [0.25, 0.3) is 5.69 Å². The molecule has 0 fully saturated rings. The Bertz CT molecular complexity index is 931. The minimum atomic E-state index is -3.02. The predicted octanol–water partition coefficient (Wildman–Crippen LogP) is 3.37. The average molecular weight is 388 g/mol. The van der Waals surface area contributed by atoms with E-state index in [1.165, 1.54) is 31.6 Å². The molecule has 0 radical (unpaired) electrons. The first-order chi connectivity index (χ1) is 13.5. The van der Waals surface area contributed by atoms with Crippen LogP contribution in [0.15, 0.2) is 55.1 Å². The molecule has 0 saturated heterocycles. The number of halogens is 2. The molecular formula is C19H18F2N4O3. The highest BCUT2D eigenvalue weighted by atomic mass is 19.3. The first-order valence-corrected chi connectivity index (χ1v) is 8.36. The Kier molecular flexibility index (Phi) is 5.83. The molecule has 1 atom stereocenters. The predicted molar refractivity (Wildman–Crippen MR) is 96.9 cm³/mol. The van der Waals surface area contributed by atoms with Gasteiger partial charge in [0.2, 0.25) is 0 Å². The van der Waals surface area contributed by atoms with E-state index in [0.29, 0.717) is 0 Å². The van der Waals surface area contributed by atoms with Crippen molar-refractivity contribution < 1.29 is 23.0 Å². The van der Waals surface area contributed by atoms with Gasteiger partial charge in [-0.05, 0) is 42.8 Å². The van der Waals surface area contributed by atoms with Crippen molar-refractivity contribution in [2.45, 2.75) is 19.6 Å². The second-order valence-corrected chi connectivity index (χ2v) is 5.87. The molecule has 2 aromatic carbocycles. The second kappa shape index (κ2) is 8.47. The van der Waals surface area contributed by atoms with Crippen molar-refractivity contribution in [2.24, 2.45) is 0 Å². The van der Waals surface area contributed by atoms with Crippen LogP contribution >= 0.6 is 0 Å². The lowest BCUT2D eigenvalue weighted by molar-refractivity contribution is -0.0512. The molecule has 3 rings (SSSR count). The molecule has 28 heavy (non-hydrogen) atoms. The molecule has 0 bridgehead atoms. The third-order valence-electron chi connectivity index (χ3n) is 4.07. The largest absolute Gasteiger partial charge is 0.493 e. The minimum absolute atomic E-state index is 0.119. The molecule has 0 aliphatic carbocycles. The van der Waals surface area contributed by atoms with Crippen LogP contribution in [0.1, 0.15) is 28.9 Å². The number of nitrogens with one attached hydrogen (secondary N) is 1. The summed E-state index contributed by atoms with van der Waals surface area (Å²) in [6.45, 7) is -1.20. The van der Waals surface area contributed by atoms with Crippen LogP contribution < -0.4 is 14.8 Å². The lowest BCUT2D eigenvalue weighted by atomic mass is 10.1. The number of nitrogens with zero attached hydrogens (tertiary/aromatic N) is 3. The van der Waals surface area contributed by atoms with E-state index in [1.54, 1.807) is 11.0 Å². The zero-order valence-electron chi connectivity index (χ0n) is 15.2. The normalized spacial score (nSPS) is 11.9. The standard InChI is InChI=1S/C19H18F2N4O3/c1-12(13-3-6-15(7-4-13)25-11-22-10-23-25)24-18(26)14-5-8-16(27-2)17(9-14)28-19(20)21/h3-12,19H,1-2H3,(H,24,26). The van der Waals surface area contributed by atoms with Gasteiger partial charge in [0.25, 0.3) is 5.91 Å². The van der Waals surface area contributed by atoms with Crippen molar-refractivity contribution in [3.8, 4) is 17.2 Å². The van der Waals surface area contributed by atoms with Crippen molar-refractivity contribution in [2.75, 3.05) is 7.11 Å². The Morgan fingerprint density at radius 1 is 1.14 bits per heavy atom. The lowest BCUT2D eigenvalue weighted by Gasteiger charge is -2.16. The zero-order chi connectivity index (χ0) is 20.1. The summed E-state index contributed by atoms with van der Waals surface area (Å²) in [5.41, 5.74) is 1.89. The van der Waals surface area contributed by atoms with Gasteiger partial charge >= 0.3 is 6.61 Å². The van der Waals surface area contributed by atoms with Crippen LogP contribution in [0.4, 0.5) is 8.78 Å². The van der Waals surface area contributed by atoms with Crippen LogP contribution in [0, 0.1) is 0 Å². The van der Waals surface area contributed by atoms with Gasteiger partial charge in [0.1, 0.15) is 12.7 Å². The summed E-state index contributed by atoms with van der Waals surface area (Å²) >= 11 is 0. The van der Waals surface area contributed by atoms with Crippen molar-refractivity contribution in [3.63, 3.8) is 0 Å². The van der Waals surface area contributed by atoms with E-state index in [0.717, 1.165) is 11.3 Å². The third kappa shape index (κ3) is 4.43. The molecule has 0 aliphatic rings. The van der Waals surface area contributed by atoms with Gasteiger partial charge in [0.05, 0.1) is 18.8 Å². The molecule has 9 heteroatoms. The van der Waals surface area contributed by atoms with E-state index >= 15 is 0 Å². The molecule has 3 aromatic rings. The number of hydrogen-bond donors (Lipinski definition) is 1. The van der Waals surface area contributed by atoms with Crippen LogP contribution in [-0.4, -0.2) is 34.4 Å². The van der Waals surface area contributed by atoms with E-state index in [-0.39, 0.29) is 23.1 Å². The number of hydrogen-bond acceptors (Lipinski definition) is 5. The van der Waals surface area contributed by atoms with Crippen LogP contribution in [-0.2, 0) is 0 Å². The average Bonchev–Trinajstić information content (AvgIpc) is 3.22. The number of alkyl halides is 2. The summed E-state index contributed by atoms with van der Waals surface area (Å²) < 4.78 is 36.1. The molecule has 0 saturated carbocycles. The van der Waals surface area contributed by atoms with Gasteiger partial charge in [-0.15, -0.1) is 0 Å². The topological polar surface area (TPSA) is 78.3 Å². The molecule has 1 amide bonds. The molecular weight excluding hydrogens is 370 g/mol. The van der Waals surface area contributed by atoms with Crippen LogP contribution in [0.5, 0.6) is 11.5 Å². The van der Waals surface area contributed by atoms with E-state index in [2.05, 4.69) is 20.1 Å². The van der Waals surface area contributed by atoms with Gasteiger partial charge in [-0.3, -0.25) is 4.79 Å². The second-order valence-electron chi connectivity index (χ2n) is 5.87. The molecule has 1 heterocycles. The highest BCUT2D eigenvalue weighted by Crippen LogP contribution is 2.29. The lowest BCUT2D eigenvalue weighted by Crippen LogP contribution is -2.26. The summed E-state index contributed by atoms with van der Waals surface area (Å²) in [6.07, 6.45) is 3.03. The Labute approximate surface area is 159 Å². The molecule has 146 valence electrons. The van der Waals surface area contributed by atoms with Gasteiger partial charge in [0.15, 0.2) is 11.5 Å². The molecule has 0 spiro atoms. The summed E-state index contributed by atoms with van der Waals surface area (Å²) in [5.74, 6) is -0.502. The Balaban J connectivity index is 1.71. The number of ether oxygens (including phenoxy) is 2. The first-order valence-electron chi connectivity index (χ1n) is 8.36. The summed E-state index contributed by atoms with van der Waals surface area (Å²) in [5, 5.41) is 6.88. The number of carbonyl (C=O) groups is 1. The Hall–Kier alpha value is -3.49. The number of carbonyl (C=O) groups excluding carboxylic acids is 1. The maximum atomic E-state index is 12.5. The Morgan fingerprint density at radius 2 is 1.89 bits per heavy atom. The monoisotopic (exact) mass is 388 g/mol. The highest BCUT2D eigenvalue weighted by molar-refractivity contribution is 5.95. The van der Waals surface area contributed by atoms with Crippen molar-refractivity contribution >= 4 is 5.91 Å². The summed E-state index contributed by atoms with van der Waals surface area (Å²) in [7, 11) is 1.33. The summed E-state index contributed by atoms with van der Waals surface area (Å²) in [6, 6.07) is 11.2. The molecule has 1 unspecified atom stereocenters. The summed E-state index contributed by atoms with van der Waals surface area (Å²) in [4.78, 5) is 16.4. The fraction of sp³-hybridized carbons (Fsp3) is 0.211. The van der Waals surface area contributed by atoms with Gasteiger partial charge in [-0.25, -0.2) is 9.67 Å². The van der Waals surface area contributed by atoms with Gasteiger partial charge in [0, 0.05) is 5.56 Å². The molecule has 0 aliphatic heterocycles. The SMILES string of the molecule is COc1ccc(C(=O)NC(C)c2ccc(-n3cncn3)cc2)cc1OC(F)F. The number of rotatable bonds is 7. The number of amides is 1. The van der Waals surface area contributed by atoms with E-state index in [4.69, 9.17) is 4.74 Å². The Morgan fingerprint density at radius 3 is 2.50 bits per heavy atom. The van der Waals surface area contributed by atoms with E-state index in [1.807, 2.05) is 31.2 Å². The van der Waals surface area contributed by atoms with Gasteiger partial charge in [-0.2, -0.15) is 13.9 Å². The van der Waals surface area contributed by atoms with Crippen molar-refractivity contribution in [3.05, 3.63) is 66.2 Å². The quantitative estimate of drug-likeness (QED) is 0.671. The maximum Gasteiger partial charge on any atom is 0.387 e. The van der Waals surface area contributed by atoms with Crippen LogP contribution in [0.3, 0.4) is 0 Å². The van der Waals surface area contributed by atoms with E-state index < -0.39 is 12.5 Å². The highest BCUT2D eigenvalue weighted by Gasteiger charge is 2.16. The molecule has 1 aromatic heterocycles. The molecule has 7 nitrogen and oxygen atoms in total. The third-order valence-corrected chi connectivity index (χ3v) is 4.07. The number of benzene rings is 2. The van der Waals surface area contributed by atoms with Crippen molar-refractivity contribution in [1.82, 2.24) is 20.1 Å². The fourth-order valence-electron chi connectivity index (χ4n) is 2.63. The smallest absolute Gasteiger partial charge is 0.387 e. The fourth-order valence-corrected chi connectivity index (χ4v) is 2.63. The zero-order valence-corrected chi connectivity index (χ0v) is 15.2. The van der Waals surface area contributed by atoms with Crippen LogP contribution in [0.2, 0.25) is 0 Å². The van der Waals surface area contributed by atoms with Gasteiger partial charge < -0.3 is 14.8 Å². The van der Waals surface area contributed by atoms with E-state index in [9.17, 15) is 13.6 Å². The first kappa shape index (κ1) is 19.3. The van der Waals surface area contributed by atoms with Gasteiger partial charge in [-0.1, -0.05) is 12.1 Å². The van der Waals surface area contributed by atoms with Crippen molar-refractivity contribution in [1.29, 1.82) is 0 Å². The minimum Gasteiger partial charge on any atom is -0.493 e. The molecule has 1 N–H and O–H groups in total. The number of aromatic nitrogens is 3. The number of methoxy groups -OCH3 is 1. The maximum absolute atomic E-state index is 12.5.